The highest BCUT2D eigenvalue weighted by Crippen LogP contribution is 2.08. The number of hydrogen-bond donors (Lipinski definition) is 0. The Hall–Kier alpha value is -0.530. The van der Waals surface area contributed by atoms with Crippen LogP contribution in [0.4, 0.5) is 0 Å². The van der Waals surface area contributed by atoms with Crippen LogP contribution in [0.25, 0.3) is 0 Å². The molecule has 1 saturated heterocycles. The first-order chi connectivity index (χ1) is 6.45. The summed E-state index contributed by atoms with van der Waals surface area (Å²) in [7, 11) is 0. The van der Waals surface area contributed by atoms with Gasteiger partial charge in [-0.25, -0.2) is 0 Å². The van der Waals surface area contributed by atoms with Crippen molar-refractivity contribution in [1.29, 1.82) is 0 Å². The van der Waals surface area contributed by atoms with Gasteiger partial charge in [-0.1, -0.05) is 30.3 Å². The van der Waals surface area contributed by atoms with Gasteiger partial charge in [-0.05, 0) is 37.9 Å². The summed E-state index contributed by atoms with van der Waals surface area (Å²) in [5.41, 5.74) is 1.47. The molecule has 0 saturated carbocycles. The molecule has 0 spiro atoms. The van der Waals surface area contributed by atoms with Gasteiger partial charge in [0.15, 0.2) is 0 Å². The van der Waals surface area contributed by atoms with Crippen molar-refractivity contribution in [3.63, 3.8) is 0 Å². The molecule has 1 aliphatic heterocycles. The molecule has 78 valence electrons. The zero-order chi connectivity index (χ0) is 8.93. The lowest BCUT2D eigenvalue weighted by Gasteiger charge is -2.13. The van der Waals surface area contributed by atoms with Gasteiger partial charge in [0.05, 0.1) is 0 Å². The Morgan fingerprint density at radius 1 is 1.00 bits per heavy atom. The van der Waals surface area contributed by atoms with Gasteiger partial charge in [-0.2, -0.15) is 0 Å². The third kappa shape index (κ3) is 3.32. The van der Waals surface area contributed by atoms with Crippen LogP contribution in [0.5, 0.6) is 0 Å². The maximum absolute atomic E-state index is 2.56. The van der Waals surface area contributed by atoms with Crippen LogP contribution in [-0.2, 0) is 6.42 Å². The van der Waals surface area contributed by atoms with Crippen molar-refractivity contribution in [2.75, 3.05) is 19.6 Å². The van der Waals surface area contributed by atoms with E-state index in [1.807, 2.05) is 0 Å². The molecular weight excluding hydrogens is 194 g/mol. The molecule has 1 fully saturated rings. The summed E-state index contributed by atoms with van der Waals surface area (Å²) in [5.74, 6) is 0. The third-order valence-electron chi connectivity index (χ3n) is 2.76. The lowest BCUT2D eigenvalue weighted by Crippen LogP contribution is -2.21. The first kappa shape index (κ1) is 11.5. The van der Waals surface area contributed by atoms with Gasteiger partial charge in [0, 0.05) is 6.54 Å². The summed E-state index contributed by atoms with van der Waals surface area (Å²) in [6.45, 7) is 3.86. The molecule has 0 bridgehead atoms. The van der Waals surface area contributed by atoms with E-state index >= 15 is 0 Å². The average molecular weight is 212 g/mol. The maximum atomic E-state index is 2.56. The molecule has 0 N–H and O–H groups in total. The lowest BCUT2D eigenvalue weighted by molar-refractivity contribution is 0.343. The summed E-state index contributed by atoms with van der Waals surface area (Å²) < 4.78 is 0. The molecule has 14 heavy (non-hydrogen) atoms. The first-order valence-electron chi connectivity index (χ1n) is 5.21. The number of benzene rings is 1. The third-order valence-corrected chi connectivity index (χ3v) is 2.76. The molecule has 0 radical (unpaired) electrons. The molecule has 0 aliphatic carbocycles. The van der Waals surface area contributed by atoms with Crippen molar-refractivity contribution >= 4 is 12.4 Å². The quantitative estimate of drug-likeness (QED) is 0.743. The molecule has 1 nitrogen and oxygen atoms in total. The van der Waals surface area contributed by atoms with Gasteiger partial charge in [0.25, 0.3) is 0 Å². The normalized spacial score (nSPS) is 16.6. The van der Waals surface area contributed by atoms with E-state index in [-0.39, 0.29) is 12.4 Å². The van der Waals surface area contributed by atoms with Crippen molar-refractivity contribution < 1.29 is 0 Å². The molecule has 0 atom stereocenters. The van der Waals surface area contributed by atoms with Crippen molar-refractivity contribution in [2.45, 2.75) is 19.3 Å². The Kier molecular flexibility index (Phi) is 4.99. The molecule has 0 unspecified atom stereocenters. The lowest BCUT2D eigenvalue weighted by atomic mass is 10.1. The summed E-state index contributed by atoms with van der Waals surface area (Å²) in [5, 5.41) is 0. The van der Waals surface area contributed by atoms with Gasteiger partial charge >= 0.3 is 0 Å². The second-order valence-electron chi connectivity index (χ2n) is 3.78. The van der Waals surface area contributed by atoms with E-state index in [1.165, 1.54) is 44.5 Å². The summed E-state index contributed by atoms with van der Waals surface area (Å²) >= 11 is 0. The highest BCUT2D eigenvalue weighted by Gasteiger charge is 2.10. The van der Waals surface area contributed by atoms with E-state index in [9.17, 15) is 0 Å². The minimum Gasteiger partial charge on any atom is -0.303 e. The Bertz CT molecular complexity index is 242. The predicted octanol–water partition coefficient (Wildman–Crippen LogP) is 2.75. The summed E-state index contributed by atoms with van der Waals surface area (Å²) in [4.78, 5) is 2.56. The Labute approximate surface area is 92.5 Å². The number of hydrogen-bond acceptors (Lipinski definition) is 1. The fourth-order valence-electron chi connectivity index (χ4n) is 1.94. The maximum Gasteiger partial charge on any atom is 0.00218 e. The average Bonchev–Trinajstić information content (AvgIpc) is 2.69. The van der Waals surface area contributed by atoms with Crippen molar-refractivity contribution in [1.82, 2.24) is 4.90 Å². The highest BCUT2D eigenvalue weighted by molar-refractivity contribution is 5.85. The Morgan fingerprint density at radius 2 is 1.64 bits per heavy atom. The molecule has 2 heteroatoms. The SMILES string of the molecule is Cl.c1ccc(CCN2CCCC2)cc1. The predicted molar refractivity (Wildman–Crippen MR) is 63.1 cm³/mol. The number of halogens is 1. The van der Waals surface area contributed by atoms with Crippen molar-refractivity contribution in [2.24, 2.45) is 0 Å². The van der Waals surface area contributed by atoms with Crippen molar-refractivity contribution in [3.05, 3.63) is 35.9 Å². The van der Waals surface area contributed by atoms with Crippen LogP contribution in [0.1, 0.15) is 18.4 Å². The van der Waals surface area contributed by atoms with E-state index in [1.54, 1.807) is 0 Å². The topological polar surface area (TPSA) is 3.24 Å². The molecule has 1 aliphatic rings. The standard InChI is InChI=1S/C12H17N.ClH/c1-2-6-12(7-3-1)8-11-13-9-4-5-10-13;/h1-3,6-7H,4-5,8-11H2;1H. The molecule has 0 aromatic heterocycles. The fourth-order valence-corrected chi connectivity index (χ4v) is 1.94. The molecule has 0 amide bonds. The number of rotatable bonds is 3. The van der Waals surface area contributed by atoms with Crippen LogP contribution >= 0.6 is 12.4 Å². The van der Waals surface area contributed by atoms with E-state index in [0.29, 0.717) is 0 Å². The van der Waals surface area contributed by atoms with Gasteiger partial charge in [-0.3, -0.25) is 0 Å². The van der Waals surface area contributed by atoms with Crippen LogP contribution in [0.2, 0.25) is 0 Å². The zero-order valence-electron chi connectivity index (χ0n) is 8.48. The minimum atomic E-state index is 0. The van der Waals surface area contributed by atoms with E-state index in [0.717, 1.165) is 0 Å². The Balaban J connectivity index is 0.000000980. The molecule has 1 heterocycles. The highest BCUT2D eigenvalue weighted by atomic mass is 35.5. The number of likely N-dealkylation sites (tertiary alicyclic amines) is 1. The van der Waals surface area contributed by atoms with Crippen LogP contribution in [0.15, 0.2) is 30.3 Å². The van der Waals surface area contributed by atoms with Crippen LogP contribution in [0.3, 0.4) is 0 Å². The van der Waals surface area contributed by atoms with E-state index < -0.39 is 0 Å². The molecular formula is C12H18ClN. The van der Waals surface area contributed by atoms with E-state index in [4.69, 9.17) is 0 Å². The number of nitrogens with zero attached hydrogens (tertiary/aromatic N) is 1. The van der Waals surface area contributed by atoms with Crippen LogP contribution in [0, 0.1) is 0 Å². The van der Waals surface area contributed by atoms with Gasteiger partial charge < -0.3 is 4.90 Å². The molecule has 1 aromatic rings. The van der Waals surface area contributed by atoms with Crippen LogP contribution in [-0.4, -0.2) is 24.5 Å². The fraction of sp³-hybridized carbons (Fsp3) is 0.500. The summed E-state index contributed by atoms with van der Waals surface area (Å²) in [6.07, 6.45) is 4.00. The summed E-state index contributed by atoms with van der Waals surface area (Å²) in [6, 6.07) is 10.8. The largest absolute Gasteiger partial charge is 0.303 e. The second-order valence-corrected chi connectivity index (χ2v) is 3.78. The van der Waals surface area contributed by atoms with Gasteiger partial charge in [0.2, 0.25) is 0 Å². The van der Waals surface area contributed by atoms with Crippen LogP contribution < -0.4 is 0 Å². The van der Waals surface area contributed by atoms with Crippen molar-refractivity contribution in [3.8, 4) is 0 Å². The first-order valence-corrected chi connectivity index (χ1v) is 5.21. The Morgan fingerprint density at radius 3 is 2.29 bits per heavy atom. The molecule has 2 rings (SSSR count). The monoisotopic (exact) mass is 211 g/mol. The zero-order valence-corrected chi connectivity index (χ0v) is 9.30. The van der Waals surface area contributed by atoms with Gasteiger partial charge in [-0.15, -0.1) is 12.4 Å². The second kappa shape index (κ2) is 6.05. The smallest absolute Gasteiger partial charge is 0.00218 e. The van der Waals surface area contributed by atoms with Gasteiger partial charge in [0.1, 0.15) is 0 Å². The molecule has 1 aromatic carbocycles. The van der Waals surface area contributed by atoms with E-state index in [2.05, 4.69) is 35.2 Å². The minimum absolute atomic E-state index is 0.